The molecule has 1 amide bonds. The molecule has 1 aliphatic rings. The number of anilines is 2. The van der Waals surface area contributed by atoms with Gasteiger partial charge in [-0.2, -0.15) is 0 Å². The van der Waals surface area contributed by atoms with Gasteiger partial charge in [0, 0.05) is 28.7 Å². The van der Waals surface area contributed by atoms with Gasteiger partial charge < -0.3 is 10.2 Å². The number of amides is 1. The van der Waals surface area contributed by atoms with Crippen LogP contribution < -0.4 is 10.2 Å². The number of benzene rings is 1. The number of halogens is 1. The zero-order chi connectivity index (χ0) is 19.7. The molecule has 0 radical (unpaired) electrons. The number of aryl methyl sites for hydroxylation is 2. The van der Waals surface area contributed by atoms with Crippen molar-refractivity contribution in [3.63, 3.8) is 0 Å². The van der Waals surface area contributed by atoms with E-state index in [0.29, 0.717) is 11.6 Å². The van der Waals surface area contributed by atoms with Crippen LogP contribution in [0.2, 0.25) is 5.02 Å². The molecule has 7 heteroatoms. The highest BCUT2D eigenvalue weighted by Gasteiger charge is 2.28. The second-order valence-corrected chi connectivity index (χ2v) is 8.74. The van der Waals surface area contributed by atoms with Gasteiger partial charge in [-0.25, -0.2) is 9.97 Å². The predicted molar refractivity (Wildman–Crippen MR) is 117 cm³/mol. The van der Waals surface area contributed by atoms with Crippen LogP contribution in [0.25, 0.3) is 10.2 Å². The van der Waals surface area contributed by atoms with E-state index in [4.69, 9.17) is 11.6 Å². The molecule has 0 unspecified atom stereocenters. The Morgan fingerprint density at radius 2 is 2.21 bits per heavy atom. The van der Waals surface area contributed by atoms with Crippen LogP contribution in [0.5, 0.6) is 0 Å². The van der Waals surface area contributed by atoms with E-state index in [2.05, 4.69) is 33.2 Å². The summed E-state index contributed by atoms with van der Waals surface area (Å²) in [6, 6.07) is 7.81. The van der Waals surface area contributed by atoms with Crippen LogP contribution in [0, 0.1) is 12.8 Å². The molecule has 0 aliphatic carbocycles. The average Bonchev–Trinajstić information content (AvgIpc) is 3.14. The third kappa shape index (κ3) is 3.84. The summed E-state index contributed by atoms with van der Waals surface area (Å²) < 4.78 is 0. The van der Waals surface area contributed by atoms with Gasteiger partial charge in [0.25, 0.3) is 0 Å². The van der Waals surface area contributed by atoms with Crippen molar-refractivity contribution in [3.05, 3.63) is 46.1 Å². The Balaban J connectivity index is 1.52. The number of fused-ring (bicyclic) bond motifs is 1. The standard InChI is InChI=1S/C21H23ClN4OS/c1-3-16-10-17-19(23-12-24-21(17)28-16)26-8-4-5-14(11-26)20(27)25-15-7-6-13(2)18(22)9-15/h6-7,9-10,12,14H,3-5,8,11H2,1-2H3,(H,25,27)/t14-/m1/s1. The van der Waals surface area contributed by atoms with Gasteiger partial charge in [-0.3, -0.25) is 4.79 Å². The van der Waals surface area contributed by atoms with Crippen molar-refractivity contribution in [1.29, 1.82) is 0 Å². The first-order valence-corrected chi connectivity index (χ1v) is 10.8. The summed E-state index contributed by atoms with van der Waals surface area (Å²) in [5.74, 6) is 0.898. The summed E-state index contributed by atoms with van der Waals surface area (Å²) in [4.78, 5) is 26.4. The molecule has 1 saturated heterocycles. The fourth-order valence-corrected chi connectivity index (χ4v) is 4.73. The maximum Gasteiger partial charge on any atom is 0.229 e. The lowest BCUT2D eigenvalue weighted by Gasteiger charge is -2.33. The smallest absolute Gasteiger partial charge is 0.229 e. The molecule has 146 valence electrons. The number of thiophene rings is 1. The molecule has 3 aromatic rings. The molecule has 5 nitrogen and oxygen atoms in total. The lowest BCUT2D eigenvalue weighted by atomic mass is 9.96. The largest absolute Gasteiger partial charge is 0.355 e. The van der Waals surface area contributed by atoms with Crippen LogP contribution in [0.4, 0.5) is 11.5 Å². The van der Waals surface area contributed by atoms with E-state index in [1.165, 1.54) is 4.88 Å². The van der Waals surface area contributed by atoms with Crippen LogP contribution in [0.1, 0.15) is 30.2 Å². The number of hydrogen-bond donors (Lipinski definition) is 1. The highest BCUT2D eigenvalue weighted by molar-refractivity contribution is 7.18. The minimum Gasteiger partial charge on any atom is -0.355 e. The summed E-state index contributed by atoms with van der Waals surface area (Å²) in [5.41, 5.74) is 1.74. The Morgan fingerprint density at radius 1 is 1.36 bits per heavy atom. The predicted octanol–water partition coefficient (Wildman–Crippen LogP) is 5.07. The second kappa shape index (κ2) is 8.05. The number of rotatable bonds is 4. The topological polar surface area (TPSA) is 58.1 Å². The number of piperidine rings is 1. The third-order valence-electron chi connectivity index (χ3n) is 5.24. The molecule has 0 bridgehead atoms. The second-order valence-electron chi connectivity index (χ2n) is 7.22. The average molecular weight is 415 g/mol. The van der Waals surface area contributed by atoms with E-state index in [-0.39, 0.29) is 11.8 Å². The maximum atomic E-state index is 12.8. The Hall–Kier alpha value is -2.18. The van der Waals surface area contributed by atoms with Crippen LogP contribution in [-0.4, -0.2) is 29.0 Å². The molecule has 4 rings (SSSR count). The fourth-order valence-electron chi connectivity index (χ4n) is 3.62. The van der Waals surface area contributed by atoms with Crippen LogP contribution >= 0.6 is 22.9 Å². The van der Waals surface area contributed by atoms with E-state index in [0.717, 1.165) is 53.1 Å². The van der Waals surface area contributed by atoms with Gasteiger partial charge in [0.1, 0.15) is 17.0 Å². The number of nitrogens with one attached hydrogen (secondary N) is 1. The zero-order valence-electron chi connectivity index (χ0n) is 16.0. The van der Waals surface area contributed by atoms with E-state index in [1.807, 2.05) is 19.1 Å². The van der Waals surface area contributed by atoms with Gasteiger partial charge in [-0.15, -0.1) is 11.3 Å². The minimum absolute atomic E-state index is 0.0366. The lowest BCUT2D eigenvalue weighted by molar-refractivity contribution is -0.120. The van der Waals surface area contributed by atoms with Crippen molar-refractivity contribution in [3.8, 4) is 0 Å². The van der Waals surface area contributed by atoms with Crippen molar-refractivity contribution in [2.24, 2.45) is 5.92 Å². The first kappa shape index (κ1) is 19.2. The molecular weight excluding hydrogens is 392 g/mol. The number of aromatic nitrogens is 2. The first-order chi connectivity index (χ1) is 13.5. The quantitative estimate of drug-likeness (QED) is 0.647. The van der Waals surface area contributed by atoms with Crippen molar-refractivity contribution in [2.45, 2.75) is 33.1 Å². The Kier molecular flexibility index (Phi) is 5.51. The molecule has 2 aromatic heterocycles. The lowest BCUT2D eigenvalue weighted by Crippen LogP contribution is -2.41. The van der Waals surface area contributed by atoms with E-state index >= 15 is 0 Å². The number of nitrogens with zero attached hydrogens (tertiary/aromatic N) is 3. The van der Waals surface area contributed by atoms with E-state index < -0.39 is 0 Å². The fraction of sp³-hybridized carbons (Fsp3) is 0.381. The van der Waals surface area contributed by atoms with Gasteiger partial charge in [0.2, 0.25) is 5.91 Å². The SMILES string of the molecule is CCc1cc2c(N3CCC[C@@H](C(=O)Nc4ccc(C)c(Cl)c4)C3)ncnc2s1. The molecule has 3 heterocycles. The zero-order valence-corrected chi connectivity index (χ0v) is 17.6. The monoisotopic (exact) mass is 414 g/mol. The molecule has 1 fully saturated rings. The Labute approximate surface area is 173 Å². The first-order valence-electron chi connectivity index (χ1n) is 9.60. The van der Waals surface area contributed by atoms with Crippen molar-refractivity contribution >= 4 is 50.6 Å². The summed E-state index contributed by atoms with van der Waals surface area (Å²) >= 11 is 7.90. The summed E-state index contributed by atoms with van der Waals surface area (Å²) in [5, 5.41) is 4.78. The maximum absolute atomic E-state index is 12.8. The summed E-state index contributed by atoms with van der Waals surface area (Å²) in [7, 11) is 0. The Bertz CT molecular complexity index is 1020. The van der Waals surface area contributed by atoms with Gasteiger partial charge in [-0.05, 0) is 49.9 Å². The normalized spacial score (nSPS) is 17.1. The highest BCUT2D eigenvalue weighted by Crippen LogP contribution is 2.33. The molecule has 1 aromatic carbocycles. The minimum atomic E-state index is -0.0804. The summed E-state index contributed by atoms with van der Waals surface area (Å²) in [6.07, 6.45) is 4.46. The summed E-state index contributed by atoms with van der Waals surface area (Å²) in [6.45, 7) is 5.67. The van der Waals surface area contributed by atoms with E-state index in [9.17, 15) is 4.79 Å². The number of carbonyl (C=O) groups excluding carboxylic acids is 1. The van der Waals surface area contributed by atoms with Crippen LogP contribution in [0.15, 0.2) is 30.6 Å². The molecule has 1 atom stereocenters. The molecule has 28 heavy (non-hydrogen) atoms. The van der Waals surface area contributed by atoms with Crippen LogP contribution in [-0.2, 0) is 11.2 Å². The van der Waals surface area contributed by atoms with Crippen molar-refractivity contribution < 1.29 is 4.79 Å². The van der Waals surface area contributed by atoms with Gasteiger partial charge in [0.05, 0.1) is 11.3 Å². The number of hydrogen-bond acceptors (Lipinski definition) is 5. The van der Waals surface area contributed by atoms with Gasteiger partial charge >= 0.3 is 0 Å². The number of carbonyl (C=O) groups is 1. The van der Waals surface area contributed by atoms with Crippen molar-refractivity contribution in [2.75, 3.05) is 23.3 Å². The molecule has 1 N–H and O–H groups in total. The Morgan fingerprint density at radius 3 is 3.00 bits per heavy atom. The molecule has 1 aliphatic heterocycles. The highest BCUT2D eigenvalue weighted by atomic mass is 35.5. The molecular formula is C21H23ClN4OS. The van der Waals surface area contributed by atoms with Gasteiger partial charge in [-0.1, -0.05) is 24.6 Å². The van der Waals surface area contributed by atoms with E-state index in [1.54, 1.807) is 23.7 Å². The van der Waals surface area contributed by atoms with Crippen molar-refractivity contribution in [1.82, 2.24) is 9.97 Å². The molecule has 0 saturated carbocycles. The van der Waals surface area contributed by atoms with Gasteiger partial charge in [0.15, 0.2) is 0 Å². The third-order valence-corrected chi connectivity index (χ3v) is 6.83. The molecule has 0 spiro atoms. The van der Waals surface area contributed by atoms with Crippen LogP contribution in [0.3, 0.4) is 0 Å².